The van der Waals surface area contributed by atoms with E-state index in [1.54, 1.807) is 39.4 Å². The highest BCUT2D eigenvalue weighted by Gasteiger charge is 2.39. The summed E-state index contributed by atoms with van der Waals surface area (Å²) < 4.78 is 7.13. The van der Waals surface area contributed by atoms with Crippen LogP contribution in [0.15, 0.2) is 53.5 Å². The standard InChI is InChI=1S/C32H42N6O5/c1-21(2)19-22-11-8-13-23-28(22)36-26(33-23)20-38-17-9-14-25(30(38)41)34-29(40)24(12-6-7-15-27(39)37(4)5)35-31(42)32(3)16-10-18-43-32/h7-9,11,13-15,17,21,24H,6,10,12,16,18-20H2,1-5H3,(H,33,36)(H,34,40)(H,35,42)/b15-7+/t24-,32?/m0/s1. The molecule has 3 amide bonds. The molecule has 43 heavy (non-hydrogen) atoms. The molecule has 4 rings (SSSR count). The average Bonchev–Trinajstić information content (AvgIpc) is 3.59. The van der Waals surface area contributed by atoms with E-state index >= 15 is 0 Å². The number of ether oxygens (including phenoxy) is 1. The first kappa shape index (κ1) is 31.7. The van der Waals surface area contributed by atoms with E-state index in [2.05, 4.69) is 40.5 Å². The normalized spacial score (nSPS) is 17.4. The van der Waals surface area contributed by atoms with Crippen molar-refractivity contribution in [3.8, 4) is 0 Å². The van der Waals surface area contributed by atoms with Crippen LogP contribution in [0.2, 0.25) is 0 Å². The number of nitrogens with zero attached hydrogens (tertiary/aromatic N) is 3. The molecule has 1 saturated heterocycles. The molecule has 1 aliphatic rings. The van der Waals surface area contributed by atoms with Gasteiger partial charge in [0.05, 0.1) is 17.6 Å². The molecule has 3 aromatic rings. The Bertz CT molecular complexity index is 1550. The van der Waals surface area contributed by atoms with E-state index in [1.165, 1.54) is 27.2 Å². The van der Waals surface area contributed by atoms with Crippen molar-refractivity contribution in [3.05, 3.63) is 70.4 Å². The molecule has 2 aromatic heterocycles. The number of aromatic amines is 1. The number of hydrogen-bond acceptors (Lipinski definition) is 6. The maximum Gasteiger partial charge on any atom is 0.274 e. The number of imidazole rings is 1. The van der Waals surface area contributed by atoms with Gasteiger partial charge in [-0.05, 0) is 74.8 Å². The lowest BCUT2D eigenvalue weighted by molar-refractivity contribution is -0.141. The zero-order valence-electron chi connectivity index (χ0n) is 25.6. The third-order valence-corrected chi connectivity index (χ3v) is 7.52. The summed E-state index contributed by atoms with van der Waals surface area (Å²) >= 11 is 0. The van der Waals surface area contributed by atoms with Crippen LogP contribution in [0, 0.1) is 5.92 Å². The van der Waals surface area contributed by atoms with E-state index < -0.39 is 23.1 Å². The SMILES string of the molecule is CC(C)Cc1cccc2nc(Cn3cccc(NC(=O)[C@H](CC/C=C/C(=O)N(C)C)NC(=O)C4(C)CCCO4)c3=O)[nH]c12. The number of benzene rings is 1. The number of aromatic nitrogens is 3. The molecule has 11 heteroatoms. The van der Waals surface area contributed by atoms with E-state index in [0.29, 0.717) is 31.2 Å². The highest BCUT2D eigenvalue weighted by molar-refractivity contribution is 5.98. The Morgan fingerprint density at radius 1 is 1.21 bits per heavy atom. The molecule has 0 saturated carbocycles. The summed E-state index contributed by atoms with van der Waals surface area (Å²) in [5.41, 5.74) is 1.65. The van der Waals surface area contributed by atoms with Gasteiger partial charge in [0.25, 0.3) is 11.5 Å². The second-order valence-electron chi connectivity index (χ2n) is 11.9. The first-order valence-electron chi connectivity index (χ1n) is 14.8. The smallest absolute Gasteiger partial charge is 0.274 e. The number of nitrogens with one attached hydrogen (secondary N) is 3. The number of carbonyl (C=O) groups is 3. The largest absolute Gasteiger partial charge is 0.365 e. The van der Waals surface area contributed by atoms with Crippen molar-refractivity contribution in [3.63, 3.8) is 0 Å². The van der Waals surface area contributed by atoms with Crippen LogP contribution in [0.1, 0.15) is 57.8 Å². The van der Waals surface area contributed by atoms with Crippen LogP contribution >= 0.6 is 0 Å². The minimum atomic E-state index is -1.02. The zero-order chi connectivity index (χ0) is 31.1. The first-order valence-corrected chi connectivity index (χ1v) is 14.8. The predicted octanol–water partition coefficient (Wildman–Crippen LogP) is 3.39. The van der Waals surface area contributed by atoms with Gasteiger partial charge in [-0.2, -0.15) is 0 Å². The Kier molecular flexibility index (Phi) is 10.2. The van der Waals surface area contributed by atoms with Gasteiger partial charge in [0.15, 0.2) is 0 Å². The third kappa shape index (κ3) is 7.98. The van der Waals surface area contributed by atoms with Gasteiger partial charge < -0.3 is 29.8 Å². The Hall–Kier alpha value is -4.25. The van der Waals surface area contributed by atoms with Crippen LogP contribution in [0.4, 0.5) is 5.69 Å². The number of para-hydroxylation sites is 1. The van der Waals surface area contributed by atoms with E-state index in [0.717, 1.165) is 23.9 Å². The molecular weight excluding hydrogens is 548 g/mol. The van der Waals surface area contributed by atoms with Crippen molar-refractivity contribution in [2.45, 2.75) is 71.1 Å². The van der Waals surface area contributed by atoms with Crippen LogP contribution in [0.3, 0.4) is 0 Å². The molecule has 230 valence electrons. The Morgan fingerprint density at radius 2 is 2.00 bits per heavy atom. The third-order valence-electron chi connectivity index (χ3n) is 7.52. The molecule has 1 unspecified atom stereocenters. The topological polar surface area (TPSA) is 138 Å². The van der Waals surface area contributed by atoms with Gasteiger partial charge in [-0.1, -0.05) is 32.1 Å². The van der Waals surface area contributed by atoms with Crippen molar-refractivity contribution >= 4 is 34.4 Å². The summed E-state index contributed by atoms with van der Waals surface area (Å²) in [7, 11) is 3.30. The monoisotopic (exact) mass is 590 g/mol. The van der Waals surface area contributed by atoms with Crippen LogP contribution in [0.25, 0.3) is 11.0 Å². The molecule has 0 bridgehead atoms. The van der Waals surface area contributed by atoms with Gasteiger partial charge in [0.2, 0.25) is 11.8 Å². The number of pyridine rings is 1. The number of H-pyrrole nitrogens is 1. The van der Waals surface area contributed by atoms with E-state index in [9.17, 15) is 19.2 Å². The maximum absolute atomic E-state index is 13.4. The van der Waals surface area contributed by atoms with Crippen molar-refractivity contribution < 1.29 is 19.1 Å². The van der Waals surface area contributed by atoms with E-state index in [1.807, 2.05) is 12.1 Å². The zero-order valence-corrected chi connectivity index (χ0v) is 25.6. The predicted molar refractivity (Wildman–Crippen MR) is 166 cm³/mol. The molecule has 3 heterocycles. The summed E-state index contributed by atoms with van der Waals surface area (Å²) in [5, 5.41) is 5.52. The van der Waals surface area contributed by atoms with Gasteiger partial charge in [-0.15, -0.1) is 0 Å². The summed E-state index contributed by atoms with van der Waals surface area (Å²) in [6.45, 7) is 6.71. The van der Waals surface area contributed by atoms with Gasteiger partial charge in [0, 0.05) is 26.9 Å². The number of fused-ring (bicyclic) bond motifs is 1. The molecule has 0 aliphatic carbocycles. The fourth-order valence-electron chi connectivity index (χ4n) is 5.10. The second-order valence-corrected chi connectivity index (χ2v) is 11.9. The molecule has 11 nitrogen and oxygen atoms in total. The summed E-state index contributed by atoms with van der Waals surface area (Å²) in [6.07, 6.45) is 7.53. The first-order chi connectivity index (χ1) is 20.5. The molecule has 1 aromatic carbocycles. The lowest BCUT2D eigenvalue weighted by atomic mass is 10.0. The number of carbonyl (C=O) groups excluding carboxylic acids is 3. The van der Waals surface area contributed by atoms with Crippen LogP contribution < -0.4 is 16.2 Å². The summed E-state index contributed by atoms with van der Waals surface area (Å²) in [4.78, 5) is 61.3. The average molecular weight is 591 g/mol. The quantitative estimate of drug-likeness (QED) is 0.277. The lowest BCUT2D eigenvalue weighted by Gasteiger charge is -2.26. The Balaban J connectivity index is 1.50. The van der Waals surface area contributed by atoms with Crippen LogP contribution in [-0.2, 0) is 32.1 Å². The molecule has 1 aliphatic heterocycles. The number of amides is 3. The van der Waals surface area contributed by atoms with Crippen LogP contribution in [-0.4, -0.2) is 69.5 Å². The molecule has 1 fully saturated rings. The van der Waals surface area contributed by atoms with Crippen molar-refractivity contribution in [1.29, 1.82) is 0 Å². The van der Waals surface area contributed by atoms with E-state index in [4.69, 9.17) is 4.74 Å². The highest BCUT2D eigenvalue weighted by Crippen LogP contribution is 2.25. The highest BCUT2D eigenvalue weighted by atomic mass is 16.5. The van der Waals surface area contributed by atoms with Gasteiger partial charge in [-0.3, -0.25) is 19.2 Å². The molecule has 0 radical (unpaired) electrons. The van der Waals surface area contributed by atoms with Gasteiger partial charge in [0.1, 0.15) is 23.2 Å². The number of rotatable bonds is 12. The summed E-state index contributed by atoms with van der Waals surface area (Å²) in [6, 6.07) is 8.27. The van der Waals surface area contributed by atoms with Crippen molar-refractivity contribution in [1.82, 2.24) is 24.8 Å². The fraction of sp³-hybridized carbons (Fsp3) is 0.469. The Morgan fingerprint density at radius 3 is 2.70 bits per heavy atom. The maximum atomic E-state index is 13.4. The Labute approximate surface area is 251 Å². The summed E-state index contributed by atoms with van der Waals surface area (Å²) in [5.74, 6) is 0.0250. The number of hydrogen-bond donors (Lipinski definition) is 3. The number of allylic oxidation sites excluding steroid dienone is 1. The minimum Gasteiger partial charge on any atom is -0.365 e. The van der Waals surface area contributed by atoms with E-state index in [-0.39, 0.29) is 30.5 Å². The molecular formula is C32H42N6O5. The molecule has 0 spiro atoms. The molecule has 3 N–H and O–H groups in total. The van der Waals surface area contributed by atoms with Crippen LogP contribution in [0.5, 0.6) is 0 Å². The van der Waals surface area contributed by atoms with Gasteiger partial charge in [-0.25, -0.2) is 4.98 Å². The minimum absolute atomic E-state index is 0.0880. The molecule has 2 atom stereocenters. The number of likely N-dealkylation sites (N-methyl/N-ethyl adjacent to an activating group) is 1. The fourth-order valence-corrected chi connectivity index (χ4v) is 5.10. The second kappa shape index (κ2) is 13.8. The van der Waals surface area contributed by atoms with Crippen molar-refractivity contribution in [2.24, 2.45) is 5.92 Å². The lowest BCUT2D eigenvalue weighted by Crippen LogP contribution is -2.52. The number of anilines is 1. The van der Waals surface area contributed by atoms with Crippen molar-refractivity contribution in [2.75, 3.05) is 26.0 Å². The van der Waals surface area contributed by atoms with Gasteiger partial charge >= 0.3 is 0 Å².